The van der Waals surface area contributed by atoms with Crippen molar-refractivity contribution in [1.82, 2.24) is 4.90 Å². The molecule has 2 aromatic rings. The summed E-state index contributed by atoms with van der Waals surface area (Å²) in [5.41, 5.74) is 1.67. The van der Waals surface area contributed by atoms with Crippen molar-refractivity contribution in [1.29, 1.82) is 5.26 Å². The van der Waals surface area contributed by atoms with Gasteiger partial charge in [-0.1, -0.05) is 24.3 Å². The predicted octanol–water partition coefficient (Wildman–Crippen LogP) is 3.40. The molecule has 2 rings (SSSR count). The van der Waals surface area contributed by atoms with E-state index in [0.717, 1.165) is 11.1 Å². The number of rotatable bonds is 5. The summed E-state index contributed by atoms with van der Waals surface area (Å²) >= 11 is 0. The van der Waals surface area contributed by atoms with Crippen molar-refractivity contribution in [3.63, 3.8) is 0 Å². The van der Waals surface area contributed by atoms with Gasteiger partial charge in [0.2, 0.25) is 0 Å². The average molecular weight is 324 g/mol. The van der Waals surface area contributed by atoms with Crippen LogP contribution in [0, 0.1) is 17.1 Å². The van der Waals surface area contributed by atoms with E-state index in [4.69, 9.17) is 10.00 Å². The highest BCUT2D eigenvalue weighted by Crippen LogP contribution is 2.16. The third-order valence-electron chi connectivity index (χ3n) is 3.27. The van der Waals surface area contributed by atoms with Gasteiger partial charge in [-0.3, -0.25) is 4.79 Å². The Balaban J connectivity index is 2.03. The number of benzene rings is 2. The van der Waals surface area contributed by atoms with Crippen LogP contribution in [0.4, 0.5) is 4.39 Å². The van der Waals surface area contributed by atoms with E-state index in [-0.39, 0.29) is 17.3 Å². The molecule has 0 fully saturated rings. The van der Waals surface area contributed by atoms with Crippen molar-refractivity contribution < 1.29 is 13.9 Å². The fraction of sp³-hybridized carbons (Fsp3) is 0.158. The molecule has 122 valence electrons. The first-order valence-electron chi connectivity index (χ1n) is 7.30. The molecule has 0 saturated carbocycles. The molecule has 0 aliphatic rings. The Hall–Kier alpha value is -3.13. The molecule has 0 spiro atoms. The molecule has 5 heteroatoms. The van der Waals surface area contributed by atoms with Crippen LogP contribution in [0.3, 0.4) is 0 Å². The lowest BCUT2D eigenvalue weighted by Crippen LogP contribution is -2.22. The van der Waals surface area contributed by atoms with E-state index in [1.807, 2.05) is 6.07 Å². The molecule has 0 aliphatic heterocycles. The van der Waals surface area contributed by atoms with Crippen LogP contribution in [0.2, 0.25) is 0 Å². The number of hydrogen-bond donors (Lipinski definition) is 0. The van der Waals surface area contributed by atoms with E-state index >= 15 is 0 Å². The minimum atomic E-state index is -0.339. The first-order chi connectivity index (χ1) is 11.5. The van der Waals surface area contributed by atoms with Gasteiger partial charge in [0.15, 0.2) is 0 Å². The molecule has 0 heterocycles. The first kappa shape index (κ1) is 17.2. The quantitative estimate of drug-likeness (QED) is 0.626. The highest BCUT2D eigenvalue weighted by Gasteiger charge is 2.10. The summed E-state index contributed by atoms with van der Waals surface area (Å²) < 4.78 is 18.5. The zero-order chi connectivity index (χ0) is 17.5. The number of carbonyl (C=O) groups excluding carboxylic acids is 1. The van der Waals surface area contributed by atoms with E-state index in [2.05, 4.69) is 0 Å². The second-order valence-corrected chi connectivity index (χ2v) is 5.35. The summed E-state index contributed by atoms with van der Waals surface area (Å²) in [5.74, 6) is 0.0264. The molecule has 0 saturated heterocycles. The standard InChI is InChI=1S/C19H17FN2O2/c1-22(2)19(23)16(12-21)11-14-5-9-18(10-6-14)24-13-15-3-7-17(20)8-4-15/h3-11H,13H2,1-2H3/b16-11-. The Kier molecular flexibility index (Phi) is 5.69. The van der Waals surface area contributed by atoms with Crippen LogP contribution in [-0.4, -0.2) is 24.9 Å². The average Bonchev–Trinajstić information content (AvgIpc) is 2.59. The third-order valence-corrected chi connectivity index (χ3v) is 3.27. The molecular weight excluding hydrogens is 307 g/mol. The molecule has 24 heavy (non-hydrogen) atoms. The van der Waals surface area contributed by atoms with Crippen LogP contribution >= 0.6 is 0 Å². The molecule has 0 radical (unpaired) electrons. The monoisotopic (exact) mass is 324 g/mol. The molecular formula is C19H17FN2O2. The van der Waals surface area contributed by atoms with Gasteiger partial charge in [0.25, 0.3) is 5.91 Å². The highest BCUT2D eigenvalue weighted by molar-refractivity contribution is 6.01. The molecule has 0 unspecified atom stereocenters. The summed E-state index contributed by atoms with van der Waals surface area (Å²) in [5, 5.41) is 9.07. The second-order valence-electron chi connectivity index (χ2n) is 5.35. The number of carbonyl (C=O) groups is 1. The maximum atomic E-state index is 12.8. The number of nitriles is 1. The van der Waals surface area contributed by atoms with Gasteiger partial charge in [0, 0.05) is 14.1 Å². The van der Waals surface area contributed by atoms with E-state index in [0.29, 0.717) is 12.4 Å². The van der Waals surface area contributed by atoms with Crippen molar-refractivity contribution in [3.05, 3.63) is 71.0 Å². The lowest BCUT2D eigenvalue weighted by molar-refractivity contribution is -0.124. The number of nitrogens with zero attached hydrogens (tertiary/aromatic N) is 2. The smallest absolute Gasteiger partial charge is 0.264 e. The molecule has 2 aromatic carbocycles. The minimum Gasteiger partial charge on any atom is -0.489 e. The van der Waals surface area contributed by atoms with Crippen molar-refractivity contribution in [2.24, 2.45) is 0 Å². The van der Waals surface area contributed by atoms with Crippen LogP contribution in [0.15, 0.2) is 54.1 Å². The molecule has 1 amide bonds. The normalized spacial score (nSPS) is 10.8. The molecule has 0 aliphatic carbocycles. The van der Waals surface area contributed by atoms with Crippen molar-refractivity contribution in [3.8, 4) is 11.8 Å². The highest BCUT2D eigenvalue weighted by atomic mass is 19.1. The van der Waals surface area contributed by atoms with Gasteiger partial charge in [-0.15, -0.1) is 0 Å². The Morgan fingerprint density at radius 3 is 2.33 bits per heavy atom. The lowest BCUT2D eigenvalue weighted by Gasteiger charge is -2.09. The van der Waals surface area contributed by atoms with Crippen LogP contribution < -0.4 is 4.74 Å². The number of ether oxygens (including phenoxy) is 1. The summed E-state index contributed by atoms with van der Waals surface area (Å²) in [6, 6.07) is 15.0. The van der Waals surface area contributed by atoms with Crippen molar-refractivity contribution in [2.45, 2.75) is 6.61 Å². The Labute approximate surface area is 140 Å². The second kappa shape index (κ2) is 7.93. The maximum Gasteiger partial charge on any atom is 0.264 e. The molecule has 0 aromatic heterocycles. The van der Waals surface area contributed by atoms with Gasteiger partial charge in [0.05, 0.1) is 0 Å². The Bertz CT molecular complexity index is 773. The molecule has 4 nitrogen and oxygen atoms in total. The van der Waals surface area contributed by atoms with Gasteiger partial charge in [0.1, 0.15) is 29.8 Å². The predicted molar refractivity (Wildman–Crippen MR) is 89.5 cm³/mol. The molecule has 0 bridgehead atoms. The number of halogens is 1. The molecule has 0 N–H and O–H groups in total. The zero-order valence-corrected chi connectivity index (χ0v) is 13.5. The molecule has 0 atom stereocenters. The SMILES string of the molecule is CN(C)C(=O)/C(C#N)=C\c1ccc(OCc2ccc(F)cc2)cc1. The Morgan fingerprint density at radius 1 is 1.17 bits per heavy atom. The first-order valence-corrected chi connectivity index (χ1v) is 7.30. The fourth-order valence-electron chi connectivity index (χ4n) is 1.96. The van der Waals surface area contributed by atoms with E-state index in [1.165, 1.54) is 23.1 Å². The van der Waals surface area contributed by atoms with Crippen molar-refractivity contribution in [2.75, 3.05) is 14.1 Å². The van der Waals surface area contributed by atoms with Gasteiger partial charge in [-0.25, -0.2) is 4.39 Å². The van der Waals surface area contributed by atoms with Crippen LogP contribution in [0.5, 0.6) is 5.75 Å². The Morgan fingerprint density at radius 2 is 1.79 bits per heavy atom. The number of likely N-dealkylation sites (N-methyl/N-ethyl adjacent to an activating group) is 1. The van der Waals surface area contributed by atoms with Gasteiger partial charge < -0.3 is 9.64 Å². The summed E-state index contributed by atoms with van der Waals surface area (Å²) in [6.45, 7) is 0.331. The van der Waals surface area contributed by atoms with Gasteiger partial charge in [-0.05, 0) is 41.5 Å². The topological polar surface area (TPSA) is 53.3 Å². The summed E-state index contributed by atoms with van der Waals surface area (Å²) in [7, 11) is 3.19. The summed E-state index contributed by atoms with van der Waals surface area (Å²) in [6.07, 6.45) is 1.53. The van der Waals surface area contributed by atoms with Crippen LogP contribution in [-0.2, 0) is 11.4 Å². The van der Waals surface area contributed by atoms with E-state index in [9.17, 15) is 9.18 Å². The van der Waals surface area contributed by atoms with Gasteiger partial charge in [-0.2, -0.15) is 5.26 Å². The maximum absolute atomic E-state index is 12.8. The lowest BCUT2D eigenvalue weighted by atomic mass is 10.1. The van der Waals surface area contributed by atoms with E-state index < -0.39 is 0 Å². The zero-order valence-electron chi connectivity index (χ0n) is 13.5. The van der Waals surface area contributed by atoms with Crippen molar-refractivity contribution >= 4 is 12.0 Å². The summed E-state index contributed by atoms with van der Waals surface area (Å²) in [4.78, 5) is 13.2. The van der Waals surface area contributed by atoms with Gasteiger partial charge >= 0.3 is 0 Å². The van der Waals surface area contributed by atoms with Crippen LogP contribution in [0.25, 0.3) is 6.08 Å². The third kappa shape index (κ3) is 4.68. The largest absolute Gasteiger partial charge is 0.489 e. The van der Waals surface area contributed by atoms with E-state index in [1.54, 1.807) is 50.5 Å². The minimum absolute atomic E-state index is 0.0694. The van der Waals surface area contributed by atoms with Crippen LogP contribution in [0.1, 0.15) is 11.1 Å². The number of hydrogen-bond acceptors (Lipinski definition) is 3. The number of amides is 1. The fourth-order valence-corrected chi connectivity index (χ4v) is 1.96.